The monoisotopic (exact) mass is 322 g/mol. The molecule has 2 heterocycles. The second kappa shape index (κ2) is 6.58. The number of piperidine rings is 1. The largest absolute Gasteiger partial charge is 0.457 e. The molecule has 2 aromatic rings. The summed E-state index contributed by atoms with van der Waals surface area (Å²) in [5.74, 6) is 1.95. The summed E-state index contributed by atoms with van der Waals surface area (Å²) in [6.07, 6.45) is 2.51. The number of likely N-dealkylation sites (tertiary alicyclic amines) is 1. The van der Waals surface area contributed by atoms with E-state index in [-0.39, 0.29) is 6.04 Å². The number of hydrogen-bond donors (Lipinski definition) is 1. The van der Waals surface area contributed by atoms with Crippen LogP contribution in [0.15, 0.2) is 48.5 Å². The zero-order valence-electron chi connectivity index (χ0n) is 14.5. The van der Waals surface area contributed by atoms with E-state index in [1.54, 1.807) is 0 Å². The number of fused-ring (bicyclic) bond motifs is 2. The number of nitrogens with one attached hydrogen (secondary N) is 1. The summed E-state index contributed by atoms with van der Waals surface area (Å²) in [7, 11) is 0. The molecule has 0 bridgehead atoms. The minimum atomic E-state index is 0.211. The molecular weight excluding hydrogens is 296 g/mol. The molecule has 0 amide bonds. The van der Waals surface area contributed by atoms with Gasteiger partial charge in [-0.05, 0) is 45.4 Å². The van der Waals surface area contributed by atoms with Gasteiger partial charge >= 0.3 is 0 Å². The summed E-state index contributed by atoms with van der Waals surface area (Å²) in [5.41, 5.74) is 2.50. The molecule has 24 heavy (non-hydrogen) atoms. The van der Waals surface area contributed by atoms with Gasteiger partial charge in [0.25, 0.3) is 0 Å². The van der Waals surface area contributed by atoms with Crippen molar-refractivity contribution in [3.8, 4) is 11.5 Å². The van der Waals surface area contributed by atoms with Gasteiger partial charge in [-0.2, -0.15) is 0 Å². The van der Waals surface area contributed by atoms with E-state index in [0.717, 1.165) is 18.0 Å². The molecule has 2 aliphatic heterocycles. The van der Waals surface area contributed by atoms with E-state index in [4.69, 9.17) is 4.74 Å². The summed E-state index contributed by atoms with van der Waals surface area (Å²) >= 11 is 0. The second-order valence-corrected chi connectivity index (χ2v) is 7.21. The van der Waals surface area contributed by atoms with Gasteiger partial charge in [-0.25, -0.2) is 0 Å². The molecule has 1 fully saturated rings. The van der Waals surface area contributed by atoms with Gasteiger partial charge in [0.1, 0.15) is 11.5 Å². The fourth-order valence-corrected chi connectivity index (χ4v) is 3.94. The molecule has 0 spiro atoms. The van der Waals surface area contributed by atoms with E-state index < -0.39 is 0 Å². The van der Waals surface area contributed by atoms with E-state index in [0.29, 0.717) is 12.1 Å². The molecular formula is C21H26N2O. The number of hydrogen-bond acceptors (Lipinski definition) is 3. The zero-order chi connectivity index (χ0) is 16.5. The van der Waals surface area contributed by atoms with E-state index in [1.807, 2.05) is 12.1 Å². The molecule has 4 rings (SSSR count). The van der Waals surface area contributed by atoms with E-state index in [1.165, 1.54) is 30.5 Å². The third-order valence-electron chi connectivity index (χ3n) is 5.27. The lowest BCUT2D eigenvalue weighted by Gasteiger charge is -2.39. The lowest BCUT2D eigenvalue weighted by molar-refractivity contribution is 0.150. The van der Waals surface area contributed by atoms with Crippen LogP contribution in [0.2, 0.25) is 0 Å². The van der Waals surface area contributed by atoms with Gasteiger partial charge in [-0.1, -0.05) is 36.4 Å². The Labute approximate surface area is 144 Å². The molecule has 0 aliphatic carbocycles. The number of ether oxygens (including phenoxy) is 1. The van der Waals surface area contributed by atoms with Gasteiger partial charge in [0.05, 0.1) is 6.04 Å². The van der Waals surface area contributed by atoms with Crippen LogP contribution < -0.4 is 10.1 Å². The number of rotatable bonds is 3. The van der Waals surface area contributed by atoms with Crippen LogP contribution in [0.1, 0.15) is 43.9 Å². The second-order valence-electron chi connectivity index (χ2n) is 7.21. The third kappa shape index (κ3) is 2.94. The first-order valence-corrected chi connectivity index (χ1v) is 9.08. The van der Waals surface area contributed by atoms with Gasteiger partial charge in [-0.15, -0.1) is 0 Å². The highest BCUT2D eigenvalue weighted by molar-refractivity contribution is 5.52. The smallest absolute Gasteiger partial charge is 0.132 e. The van der Waals surface area contributed by atoms with Crippen LogP contribution in [0.3, 0.4) is 0 Å². The molecule has 0 radical (unpaired) electrons. The quantitative estimate of drug-likeness (QED) is 0.909. The maximum Gasteiger partial charge on any atom is 0.132 e. The molecule has 0 saturated carbocycles. The van der Waals surface area contributed by atoms with Gasteiger partial charge in [0, 0.05) is 29.8 Å². The molecule has 3 heteroatoms. The maximum atomic E-state index is 6.11. The standard InChI is InChI=1S/C21H26N2O/c1-15(2)23-13-7-8-16(14-23)22-21-17-9-3-5-11-19(17)24-20-12-6-4-10-18(20)21/h3-6,9-12,15-16,21-22H,7-8,13-14H2,1-2H3. The van der Waals surface area contributed by atoms with Gasteiger partial charge < -0.3 is 10.1 Å². The lowest BCUT2D eigenvalue weighted by Crippen LogP contribution is -2.49. The Bertz CT molecular complexity index is 667. The molecule has 1 saturated heterocycles. The molecule has 126 valence electrons. The molecule has 0 aromatic heterocycles. The van der Waals surface area contributed by atoms with Crippen LogP contribution in [0.25, 0.3) is 0 Å². The van der Waals surface area contributed by atoms with Crippen LogP contribution in [-0.2, 0) is 0 Å². The van der Waals surface area contributed by atoms with Crippen molar-refractivity contribution >= 4 is 0 Å². The van der Waals surface area contributed by atoms with Crippen molar-refractivity contribution in [2.45, 2.75) is 44.8 Å². The van der Waals surface area contributed by atoms with Crippen LogP contribution in [0, 0.1) is 0 Å². The van der Waals surface area contributed by atoms with Crippen LogP contribution in [0.5, 0.6) is 11.5 Å². The normalized spacial score (nSPS) is 21.2. The Morgan fingerprint density at radius 3 is 2.25 bits per heavy atom. The molecule has 1 N–H and O–H groups in total. The van der Waals surface area contributed by atoms with E-state index in [2.05, 4.69) is 60.5 Å². The molecule has 1 atom stereocenters. The SMILES string of the molecule is CC(C)N1CCCC(NC2c3ccccc3Oc3ccccc32)C1. The fraction of sp³-hybridized carbons (Fsp3) is 0.429. The summed E-state index contributed by atoms with van der Waals surface area (Å²) in [6.45, 7) is 6.93. The Morgan fingerprint density at radius 2 is 1.62 bits per heavy atom. The van der Waals surface area contributed by atoms with Crippen molar-refractivity contribution < 1.29 is 4.74 Å². The third-order valence-corrected chi connectivity index (χ3v) is 5.27. The highest BCUT2D eigenvalue weighted by Gasteiger charge is 2.30. The number of nitrogens with zero attached hydrogens (tertiary/aromatic N) is 1. The summed E-state index contributed by atoms with van der Waals surface area (Å²) in [4.78, 5) is 2.58. The van der Waals surface area contributed by atoms with Crippen molar-refractivity contribution in [3.05, 3.63) is 59.7 Å². The first-order valence-electron chi connectivity index (χ1n) is 9.08. The van der Waals surface area contributed by atoms with Gasteiger partial charge in [0.15, 0.2) is 0 Å². The minimum absolute atomic E-state index is 0.211. The minimum Gasteiger partial charge on any atom is -0.457 e. The van der Waals surface area contributed by atoms with E-state index >= 15 is 0 Å². The van der Waals surface area contributed by atoms with Crippen molar-refractivity contribution in [3.63, 3.8) is 0 Å². The highest BCUT2D eigenvalue weighted by Crippen LogP contribution is 2.42. The number of para-hydroxylation sites is 2. The Morgan fingerprint density at radius 1 is 1.00 bits per heavy atom. The Balaban J connectivity index is 1.63. The lowest BCUT2D eigenvalue weighted by atomic mass is 9.92. The van der Waals surface area contributed by atoms with Crippen molar-refractivity contribution in [2.24, 2.45) is 0 Å². The van der Waals surface area contributed by atoms with Gasteiger partial charge in [0.2, 0.25) is 0 Å². The average molecular weight is 322 g/mol. The molecule has 2 aromatic carbocycles. The van der Waals surface area contributed by atoms with Crippen molar-refractivity contribution in [1.29, 1.82) is 0 Å². The topological polar surface area (TPSA) is 24.5 Å². The zero-order valence-corrected chi connectivity index (χ0v) is 14.5. The van der Waals surface area contributed by atoms with E-state index in [9.17, 15) is 0 Å². The molecule has 2 aliphatic rings. The maximum absolute atomic E-state index is 6.11. The van der Waals surface area contributed by atoms with Gasteiger partial charge in [-0.3, -0.25) is 4.90 Å². The van der Waals surface area contributed by atoms with Crippen molar-refractivity contribution in [1.82, 2.24) is 10.2 Å². The first-order chi connectivity index (χ1) is 11.7. The van der Waals surface area contributed by atoms with Crippen LogP contribution in [-0.4, -0.2) is 30.1 Å². The Kier molecular flexibility index (Phi) is 4.30. The predicted octanol–water partition coefficient (Wildman–Crippen LogP) is 4.34. The molecule has 3 nitrogen and oxygen atoms in total. The first kappa shape index (κ1) is 15.7. The predicted molar refractivity (Wildman–Crippen MR) is 97.7 cm³/mol. The number of benzene rings is 2. The Hall–Kier alpha value is -1.84. The highest BCUT2D eigenvalue weighted by atomic mass is 16.5. The fourth-order valence-electron chi connectivity index (χ4n) is 3.94. The summed E-state index contributed by atoms with van der Waals surface area (Å²) < 4.78 is 6.11. The molecule has 1 unspecified atom stereocenters. The van der Waals surface area contributed by atoms with Crippen LogP contribution in [0.4, 0.5) is 0 Å². The van der Waals surface area contributed by atoms with Crippen LogP contribution >= 0.6 is 0 Å². The average Bonchev–Trinajstić information content (AvgIpc) is 2.62. The van der Waals surface area contributed by atoms with Crippen molar-refractivity contribution in [2.75, 3.05) is 13.1 Å². The summed E-state index contributed by atoms with van der Waals surface area (Å²) in [6, 6.07) is 18.2. The summed E-state index contributed by atoms with van der Waals surface area (Å²) in [5, 5.41) is 3.93.